The monoisotopic (exact) mass is 363 g/mol. The molecule has 1 amide bonds. The van der Waals surface area contributed by atoms with Gasteiger partial charge in [0.05, 0.1) is 0 Å². The number of likely N-dealkylation sites (tertiary alicyclic amines) is 1. The molecular weight excluding hydrogens is 346 g/mol. The average Bonchev–Trinajstić information content (AvgIpc) is 2.69. The molecule has 3 nitrogen and oxygen atoms in total. The minimum absolute atomic E-state index is 0.00217. The molecule has 130 valence electrons. The molecule has 0 aromatic heterocycles. The number of amides is 1. The van der Waals surface area contributed by atoms with E-state index >= 15 is 0 Å². The van der Waals surface area contributed by atoms with Crippen LogP contribution in [0, 0.1) is 0 Å². The van der Waals surface area contributed by atoms with E-state index in [0.29, 0.717) is 17.3 Å². The molecule has 1 aliphatic heterocycles. The number of benzene rings is 3. The molecule has 0 unspecified atom stereocenters. The maximum Gasteiger partial charge on any atom is 0.267 e. The van der Waals surface area contributed by atoms with E-state index in [1.807, 2.05) is 89.8 Å². The molecule has 3 aromatic carbocycles. The summed E-state index contributed by atoms with van der Waals surface area (Å²) in [4.78, 5) is 14.6. The molecule has 4 rings (SSSR count). The molecule has 0 bridgehead atoms. The second-order valence-electron chi connectivity index (χ2n) is 6.30. The predicted molar refractivity (Wildman–Crippen MR) is 102 cm³/mol. The summed E-state index contributed by atoms with van der Waals surface area (Å²) >= 11 is 6.03. The lowest BCUT2D eigenvalue weighted by atomic mass is 9.90. The third kappa shape index (κ3) is 3.31. The fourth-order valence-corrected chi connectivity index (χ4v) is 3.37. The molecule has 0 radical (unpaired) electrons. The highest BCUT2D eigenvalue weighted by atomic mass is 35.5. The number of ether oxygens (including phenoxy) is 1. The summed E-state index contributed by atoms with van der Waals surface area (Å²) in [6.07, 6.45) is -0.526. The maximum absolute atomic E-state index is 12.8. The van der Waals surface area contributed by atoms with Crippen molar-refractivity contribution in [3.05, 3.63) is 101 Å². The fourth-order valence-electron chi connectivity index (χ4n) is 3.25. The lowest BCUT2D eigenvalue weighted by molar-refractivity contribution is -0.165. The Kier molecular flexibility index (Phi) is 4.63. The largest absolute Gasteiger partial charge is 0.478 e. The summed E-state index contributed by atoms with van der Waals surface area (Å²) in [5, 5.41) is 0.675. The van der Waals surface area contributed by atoms with Crippen molar-refractivity contribution in [1.82, 2.24) is 4.90 Å². The number of hydrogen-bond acceptors (Lipinski definition) is 2. The molecule has 3 aromatic rings. The minimum atomic E-state index is -0.526. The zero-order valence-corrected chi connectivity index (χ0v) is 14.8. The first-order valence-corrected chi connectivity index (χ1v) is 8.92. The van der Waals surface area contributed by atoms with Crippen LogP contribution < -0.4 is 4.74 Å². The van der Waals surface area contributed by atoms with Gasteiger partial charge in [0, 0.05) is 11.6 Å². The Morgan fingerprint density at radius 2 is 1.46 bits per heavy atom. The van der Waals surface area contributed by atoms with E-state index in [1.165, 1.54) is 0 Å². The van der Waals surface area contributed by atoms with Crippen molar-refractivity contribution < 1.29 is 9.53 Å². The van der Waals surface area contributed by atoms with E-state index in [9.17, 15) is 4.79 Å². The molecule has 1 saturated heterocycles. The molecule has 26 heavy (non-hydrogen) atoms. The SMILES string of the molecule is O=C1[C@@H](Oc2ccccc2)[C@@H](c2ccc(Cl)cc2)N1Cc1ccccc1. The van der Waals surface area contributed by atoms with Crippen LogP contribution in [0.4, 0.5) is 0 Å². The second kappa shape index (κ2) is 7.22. The van der Waals surface area contributed by atoms with Gasteiger partial charge in [-0.15, -0.1) is 0 Å². The van der Waals surface area contributed by atoms with E-state index in [2.05, 4.69) is 0 Å². The third-order valence-corrected chi connectivity index (χ3v) is 4.81. The van der Waals surface area contributed by atoms with Gasteiger partial charge in [0.1, 0.15) is 11.8 Å². The van der Waals surface area contributed by atoms with Gasteiger partial charge >= 0.3 is 0 Å². The fraction of sp³-hybridized carbons (Fsp3) is 0.136. The Labute approximate surface area is 157 Å². The van der Waals surface area contributed by atoms with Crippen LogP contribution in [-0.4, -0.2) is 16.9 Å². The van der Waals surface area contributed by atoms with Crippen LogP contribution in [0.5, 0.6) is 5.75 Å². The first kappa shape index (κ1) is 16.7. The standard InChI is InChI=1S/C22H18ClNO2/c23-18-13-11-17(12-14-18)20-21(26-19-9-5-2-6-10-19)22(25)24(20)15-16-7-3-1-4-8-16/h1-14,20-21H,15H2/t20-,21+/m1/s1. The first-order chi connectivity index (χ1) is 12.7. The van der Waals surface area contributed by atoms with Crippen LogP contribution in [0.3, 0.4) is 0 Å². The molecule has 1 heterocycles. The number of halogens is 1. The average molecular weight is 364 g/mol. The van der Waals surface area contributed by atoms with Crippen molar-refractivity contribution in [2.45, 2.75) is 18.7 Å². The number of nitrogens with zero attached hydrogens (tertiary/aromatic N) is 1. The van der Waals surface area contributed by atoms with Crippen LogP contribution in [-0.2, 0) is 11.3 Å². The molecule has 2 atom stereocenters. The quantitative estimate of drug-likeness (QED) is 0.605. The molecule has 0 N–H and O–H groups in total. The van der Waals surface area contributed by atoms with Gasteiger partial charge in [0.25, 0.3) is 5.91 Å². The van der Waals surface area contributed by atoms with Crippen molar-refractivity contribution in [3.63, 3.8) is 0 Å². The normalized spacial score (nSPS) is 19.1. The highest BCUT2D eigenvalue weighted by Crippen LogP contribution is 2.39. The highest BCUT2D eigenvalue weighted by Gasteiger charge is 2.49. The van der Waals surface area contributed by atoms with E-state index in [1.54, 1.807) is 0 Å². The number of carbonyl (C=O) groups excluding carboxylic acids is 1. The third-order valence-electron chi connectivity index (χ3n) is 4.56. The Morgan fingerprint density at radius 3 is 2.12 bits per heavy atom. The minimum Gasteiger partial charge on any atom is -0.478 e. The maximum atomic E-state index is 12.8. The van der Waals surface area contributed by atoms with Crippen LogP contribution >= 0.6 is 11.6 Å². The number of hydrogen-bond donors (Lipinski definition) is 0. The Balaban J connectivity index is 1.61. The van der Waals surface area contributed by atoms with Gasteiger partial charge in [-0.2, -0.15) is 0 Å². The summed E-state index contributed by atoms with van der Waals surface area (Å²) in [7, 11) is 0. The number of carbonyl (C=O) groups is 1. The van der Waals surface area contributed by atoms with Crippen molar-refractivity contribution in [3.8, 4) is 5.75 Å². The summed E-state index contributed by atoms with van der Waals surface area (Å²) < 4.78 is 6.00. The Hall–Kier alpha value is -2.78. The van der Waals surface area contributed by atoms with E-state index in [4.69, 9.17) is 16.3 Å². The predicted octanol–water partition coefficient (Wildman–Crippen LogP) is 4.87. The molecule has 0 saturated carbocycles. The van der Waals surface area contributed by atoms with Gasteiger partial charge in [0.2, 0.25) is 6.10 Å². The first-order valence-electron chi connectivity index (χ1n) is 8.54. The smallest absolute Gasteiger partial charge is 0.267 e. The lowest BCUT2D eigenvalue weighted by Gasteiger charge is -2.46. The van der Waals surface area contributed by atoms with Crippen LogP contribution in [0.1, 0.15) is 17.2 Å². The van der Waals surface area contributed by atoms with E-state index in [-0.39, 0.29) is 11.9 Å². The van der Waals surface area contributed by atoms with Crippen LogP contribution in [0.15, 0.2) is 84.9 Å². The summed E-state index contributed by atoms with van der Waals surface area (Å²) in [6, 6.07) is 26.9. The topological polar surface area (TPSA) is 29.5 Å². The van der Waals surface area contributed by atoms with Crippen molar-refractivity contribution in [2.24, 2.45) is 0 Å². The van der Waals surface area contributed by atoms with Gasteiger partial charge in [-0.05, 0) is 35.4 Å². The molecular formula is C22H18ClNO2. The molecule has 1 fully saturated rings. The van der Waals surface area contributed by atoms with Crippen molar-refractivity contribution in [1.29, 1.82) is 0 Å². The van der Waals surface area contributed by atoms with Gasteiger partial charge in [-0.3, -0.25) is 4.79 Å². The van der Waals surface area contributed by atoms with Gasteiger partial charge in [-0.25, -0.2) is 0 Å². The number of β-lactam (4-membered cyclic amide) rings is 1. The van der Waals surface area contributed by atoms with Gasteiger partial charge < -0.3 is 9.64 Å². The summed E-state index contributed by atoms with van der Waals surface area (Å²) in [5.74, 6) is 0.696. The number of para-hydroxylation sites is 1. The van der Waals surface area contributed by atoms with Gasteiger partial charge in [-0.1, -0.05) is 72.3 Å². The molecule has 1 aliphatic rings. The zero-order chi connectivity index (χ0) is 17.9. The lowest BCUT2D eigenvalue weighted by Crippen LogP contribution is -2.60. The highest BCUT2D eigenvalue weighted by molar-refractivity contribution is 6.30. The van der Waals surface area contributed by atoms with Crippen LogP contribution in [0.2, 0.25) is 5.02 Å². The van der Waals surface area contributed by atoms with E-state index in [0.717, 1.165) is 11.1 Å². The van der Waals surface area contributed by atoms with E-state index < -0.39 is 6.10 Å². The Morgan fingerprint density at radius 1 is 0.846 bits per heavy atom. The Bertz CT molecular complexity index is 830. The van der Waals surface area contributed by atoms with Crippen LogP contribution in [0.25, 0.3) is 0 Å². The summed E-state index contributed by atoms with van der Waals surface area (Å²) in [5.41, 5.74) is 2.11. The van der Waals surface area contributed by atoms with Crippen molar-refractivity contribution >= 4 is 17.5 Å². The van der Waals surface area contributed by atoms with Gasteiger partial charge in [0.15, 0.2) is 0 Å². The second-order valence-corrected chi connectivity index (χ2v) is 6.74. The summed E-state index contributed by atoms with van der Waals surface area (Å²) in [6.45, 7) is 0.557. The van der Waals surface area contributed by atoms with Crippen molar-refractivity contribution in [2.75, 3.05) is 0 Å². The zero-order valence-electron chi connectivity index (χ0n) is 14.1. The number of rotatable bonds is 5. The molecule has 4 heteroatoms. The molecule has 0 spiro atoms. The molecule has 0 aliphatic carbocycles.